The number of rotatable bonds is 2. The molecule has 0 spiro atoms. The van der Waals surface area contributed by atoms with Gasteiger partial charge in [-0.05, 0) is 72.8 Å². The maximum absolute atomic E-state index is 11.1. The highest BCUT2D eigenvalue weighted by atomic mass is 32.2. The van der Waals surface area contributed by atoms with Crippen LogP contribution in [0.2, 0.25) is 0 Å². The second-order valence-corrected chi connectivity index (χ2v) is 8.80. The van der Waals surface area contributed by atoms with Gasteiger partial charge < -0.3 is 4.18 Å². The van der Waals surface area contributed by atoms with Crippen LogP contribution < -0.4 is 9.32 Å². The van der Waals surface area contributed by atoms with Gasteiger partial charge in [-0.15, -0.1) is 0 Å². The van der Waals surface area contributed by atoms with Crippen LogP contribution >= 0.6 is 0 Å². The van der Waals surface area contributed by atoms with E-state index in [1.54, 1.807) is 11.6 Å². The van der Waals surface area contributed by atoms with Crippen LogP contribution in [0.15, 0.2) is 35.9 Å². The van der Waals surface area contributed by atoms with E-state index in [4.69, 9.17) is 9.32 Å². The van der Waals surface area contributed by atoms with E-state index in [-0.39, 0.29) is 0 Å². The van der Waals surface area contributed by atoms with Crippen LogP contribution in [0.25, 0.3) is 5.57 Å². The van der Waals surface area contributed by atoms with Crippen molar-refractivity contribution >= 4 is 15.9 Å². The Morgan fingerprint density at radius 1 is 1.21 bits per heavy atom. The lowest BCUT2D eigenvalue weighted by Crippen LogP contribution is -2.30. The van der Waals surface area contributed by atoms with E-state index >= 15 is 0 Å². The summed E-state index contributed by atoms with van der Waals surface area (Å²) in [5, 5.41) is 4.97. The molecular formula is C19H23NO3S. The summed E-state index contributed by atoms with van der Waals surface area (Å²) >= 11 is 0. The molecule has 128 valence electrons. The molecule has 0 saturated heterocycles. The van der Waals surface area contributed by atoms with Crippen LogP contribution in [0.3, 0.4) is 0 Å². The van der Waals surface area contributed by atoms with Crippen LogP contribution in [0.4, 0.5) is 0 Å². The van der Waals surface area contributed by atoms with E-state index in [1.165, 1.54) is 29.6 Å². The first kappa shape index (κ1) is 15.9. The van der Waals surface area contributed by atoms with E-state index < -0.39 is 10.3 Å². The number of fused-ring (bicyclic) bond motifs is 4. The van der Waals surface area contributed by atoms with Crippen LogP contribution in [-0.4, -0.2) is 8.42 Å². The lowest BCUT2D eigenvalue weighted by molar-refractivity contribution is 0.241. The summed E-state index contributed by atoms with van der Waals surface area (Å²) in [6, 6.07) is 5.52. The number of hydrogen-bond acceptors (Lipinski definition) is 3. The Labute approximate surface area is 143 Å². The van der Waals surface area contributed by atoms with Gasteiger partial charge in [0.25, 0.3) is 0 Å². The first-order valence-corrected chi connectivity index (χ1v) is 9.99. The summed E-state index contributed by atoms with van der Waals surface area (Å²) in [5.41, 5.74) is 7.19. The topological polar surface area (TPSA) is 69.4 Å². The van der Waals surface area contributed by atoms with Gasteiger partial charge in [0.15, 0.2) is 0 Å². The molecule has 0 heterocycles. The zero-order chi connectivity index (χ0) is 17.1. The Morgan fingerprint density at radius 2 is 1.96 bits per heavy atom. The average molecular weight is 345 g/mol. The summed E-state index contributed by atoms with van der Waals surface area (Å²) in [7, 11) is -3.98. The van der Waals surface area contributed by atoms with Crippen molar-refractivity contribution in [3.05, 3.63) is 47.1 Å². The number of hydrogen-bond donors (Lipinski definition) is 1. The van der Waals surface area contributed by atoms with Crippen LogP contribution in [0.1, 0.15) is 50.2 Å². The van der Waals surface area contributed by atoms with Crippen LogP contribution in [0.5, 0.6) is 5.75 Å². The minimum absolute atomic E-state index is 0.297. The van der Waals surface area contributed by atoms with Crippen molar-refractivity contribution in [1.29, 1.82) is 0 Å². The smallest absolute Gasteiger partial charge is 0.371 e. The molecule has 1 aromatic rings. The fourth-order valence-electron chi connectivity index (χ4n) is 5.04. The molecule has 1 saturated carbocycles. The minimum atomic E-state index is -3.98. The zero-order valence-corrected chi connectivity index (χ0v) is 14.8. The predicted octanol–water partition coefficient (Wildman–Crippen LogP) is 3.74. The molecule has 3 aliphatic carbocycles. The van der Waals surface area contributed by atoms with Crippen LogP contribution in [0, 0.1) is 11.3 Å². The van der Waals surface area contributed by atoms with E-state index in [1.807, 2.05) is 12.1 Å². The maximum atomic E-state index is 11.1. The Bertz CT molecular complexity index is 869. The van der Waals surface area contributed by atoms with Crippen molar-refractivity contribution in [1.82, 2.24) is 0 Å². The summed E-state index contributed by atoms with van der Waals surface area (Å²) in [4.78, 5) is 0. The van der Waals surface area contributed by atoms with E-state index in [9.17, 15) is 8.42 Å². The van der Waals surface area contributed by atoms with Crippen molar-refractivity contribution in [3.63, 3.8) is 0 Å². The lowest BCUT2D eigenvalue weighted by atomic mass is 9.62. The molecule has 24 heavy (non-hydrogen) atoms. The molecular weight excluding hydrogens is 322 g/mol. The van der Waals surface area contributed by atoms with Crippen LogP contribution in [-0.2, 0) is 16.7 Å². The monoisotopic (exact) mass is 345 g/mol. The van der Waals surface area contributed by atoms with E-state index in [0.717, 1.165) is 31.2 Å². The molecule has 0 bridgehead atoms. The molecule has 3 aliphatic rings. The second kappa shape index (κ2) is 5.20. The van der Waals surface area contributed by atoms with Crippen molar-refractivity contribution in [2.45, 2.75) is 45.4 Å². The van der Waals surface area contributed by atoms with Gasteiger partial charge in [0.2, 0.25) is 0 Å². The van der Waals surface area contributed by atoms with Gasteiger partial charge in [-0.25, -0.2) is 0 Å². The fraction of sp³-hybridized carbons (Fsp3) is 0.474. The van der Waals surface area contributed by atoms with E-state index in [2.05, 4.69) is 13.5 Å². The van der Waals surface area contributed by atoms with Crippen molar-refractivity contribution in [2.75, 3.05) is 0 Å². The molecule has 0 aromatic heterocycles. The lowest BCUT2D eigenvalue weighted by Gasteiger charge is -2.42. The minimum Gasteiger partial charge on any atom is -0.371 e. The predicted molar refractivity (Wildman–Crippen MR) is 94.6 cm³/mol. The van der Waals surface area contributed by atoms with Crippen molar-refractivity contribution < 1.29 is 12.6 Å². The highest BCUT2D eigenvalue weighted by Crippen LogP contribution is 2.59. The van der Waals surface area contributed by atoms with Gasteiger partial charge in [0.05, 0.1) is 0 Å². The third-order valence-corrected chi connectivity index (χ3v) is 6.51. The molecule has 1 unspecified atom stereocenters. The summed E-state index contributed by atoms with van der Waals surface area (Å²) < 4.78 is 27.1. The third kappa shape index (κ3) is 2.50. The van der Waals surface area contributed by atoms with Gasteiger partial charge in [0.1, 0.15) is 5.75 Å². The van der Waals surface area contributed by atoms with Gasteiger partial charge in [-0.2, -0.15) is 13.6 Å². The number of benzene rings is 1. The van der Waals surface area contributed by atoms with E-state index in [0.29, 0.717) is 17.1 Å². The Hall–Kier alpha value is -1.59. The summed E-state index contributed by atoms with van der Waals surface area (Å²) in [6.07, 6.45) is 6.63. The van der Waals surface area contributed by atoms with Crippen molar-refractivity contribution in [2.24, 2.45) is 16.5 Å². The number of allylic oxidation sites excluding steroid dienone is 3. The molecule has 1 aromatic carbocycles. The molecule has 0 amide bonds. The van der Waals surface area contributed by atoms with Gasteiger partial charge in [-0.1, -0.05) is 30.7 Å². The third-order valence-electron chi connectivity index (χ3n) is 6.08. The highest BCUT2D eigenvalue weighted by molar-refractivity contribution is 7.84. The largest absolute Gasteiger partial charge is 0.380 e. The molecule has 2 atom stereocenters. The first-order valence-electron chi connectivity index (χ1n) is 8.52. The standard InChI is InChI=1S/C19H23NO3S/c1-12-7-9-19(2)10-8-16-15-6-4-14(23-24(20,21)22)11-13(15)3-5-17(16)18(12)19/h4,6,11,18H,1,3,5,7-10H2,2H3,(H2,20,21,22)/t18?,19-/m0/s1. The summed E-state index contributed by atoms with van der Waals surface area (Å²) in [6.45, 7) is 6.77. The molecule has 1 fully saturated rings. The number of nitrogens with two attached hydrogens (primary N) is 1. The fourth-order valence-corrected chi connectivity index (χ4v) is 5.41. The molecule has 0 aliphatic heterocycles. The van der Waals surface area contributed by atoms with Gasteiger partial charge >= 0.3 is 10.3 Å². The maximum Gasteiger partial charge on any atom is 0.380 e. The molecule has 2 N–H and O–H groups in total. The Kier molecular flexibility index (Phi) is 3.45. The second-order valence-electron chi connectivity index (χ2n) is 7.64. The molecule has 5 heteroatoms. The average Bonchev–Trinajstić information content (AvgIpc) is 2.81. The molecule has 0 radical (unpaired) electrons. The van der Waals surface area contributed by atoms with Crippen molar-refractivity contribution in [3.8, 4) is 5.75 Å². The summed E-state index contributed by atoms with van der Waals surface area (Å²) in [5.74, 6) is 0.820. The Balaban J connectivity index is 1.76. The normalized spacial score (nSPS) is 29.1. The molecule has 4 nitrogen and oxygen atoms in total. The SMILES string of the molecule is C=C1CC[C@@]2(C)CCC3=C(CCc4cc(OS(N)(=O)=O)ccc43)C12. The number of aryl methyl sites for hydroxylation is 1. The van der Waals surface area contributed by atoms with Gasteiger partial charge in [-0.3, -0.25) is 0 Å². The molecule has 4 rings (SSSR count). The quantitative estimate of drug-likeness (QED) is 0.830. The van der Waals surface area contributed by atoms with Gasteiger partial charge in [0, 0.05) is 5.92 Å². The Morgan fingerprint density at radius 3 is 2.71 bits per heavy atom. The zero-order valence-electron chi connectivity index (χ0n) is 14.0. The first-order chi connectivity index (χ1) is 11.3. The highest BCUT2D eigenvalue weighted by Gasteiger charge is 2.46.